The standard InChI is InChI=1S/C60H90O4/c1-13-22-45-32-36-58(52(28-19-7)49(45)25-16-4)62-42(10)39-48-31-35-57(61)56(41-44(12)64-60-38-34-47(24-15-3)51(27-18-6)54(60)30-21-9)55(48)40-43(11)63-59-37-33-46(23-14-2)50(26-17-5)53(59)29-20-8/h31-38,42-44,61H,13-30,39-41H2,1-12H3. The maximum Gasteiger partial charge on any atom is 0.123 e. The molecule has 1 N–H and O–H groups in total. The molecule has 0 aliphatic rings. The molecule has 4 nitrogen and oxygen atoms in total. The Balaban J connectivity index is 1.77. The fraction of sp³-hybridized carbons (Fsp3) is 0.600. The monoisotopic (exact) mass is 875 g/mol. The molecule has 3 atom stereocenters. The maximum atomic E-state index is 11.9. The number of aromatic hydroxyl groups is 1. The fourth-order valence-electron chi connectivity index (χ4n) is 10.3. The molecule has 0 amide bonds. The highest BCUT2D eigenvalue weighted by molar-refractivity contribution is 5.50. The summed E-state index contributed by atoms with van der Waals surface area (Å²) in [5.74, 6) is 3.38. The van der Waals surface area contributed by atoms with E-state index >= 15 is 0 Å². The van der Waals surface area contributed by atoms with Gasteiger partial charge in [0.25, 0.3) is 0 Å². The molecule has 0 aliphatic carbocycles. The number of phenolic OH excluding ortho intramolecular Hbond substituents is 1. The first kappa shape index (κ1) is 52.7. The Morgan fingerprint density at radius 3 is 0.922 bits per heavy atom. The lowest BCUT2D eigenvalue weighted by Gasteiger charge is -2.27. The Morgan fingerprint density at radius 2 is 0.594 bits per heavy atom. The van der Waals surface area contributed by atoms with Crippen molar-refractivity contribution in [1.29, 1.82) is 0 Å². The van der Waals surface area contributed by atoms with E-state index in [4.69, 9.17) is 14.2 Å². The molecule has 0 bridgehead atoms. The van der Waals surface area contributed by atoms with Crippen molar-refractivity contribution >= 4 is 0 Å². The predicted molar refractivity (Wildman–Crippen MR) is 275 cm³/mol. The van der Waals surface area contributed by atoms with Crippen LogP contribution >= 0.6 is 0 Å². The van der Waals surface area contributed by atoms with Crippen LogP contribution < -0.4 is 14.2 Å². The van der Waals surface area contributed by atoms with Crippen molar-refractivity contribution in [2.75, 3.05) is 0 Å². The van der Waals surface area contributed by atoms with Gasteiger partial charge in [-0.05, 0) is 164 Å². The van der Waals surface area contributed by atoms with E-state index in [1.807, 2.05) is 6.07 Å². The van der Waals surface area contributed by atoms with Gasteiger partial charge >= 0.3 is 0 Å². The number of benzene rings is 4. The van der Waals surface area contributed by atoms with Crippen LogP contribution in [-0.2, 0) is 77.0 Å². The highest BCUT2D eigenvalue weighted by Crippen LogP contribution is 2.36. The Morgan fingerprint density at radius 1 is 0.312 bits per heavy atom. The van der Waals surface area contributed by atoms with E-state index in [9.17, 15) is 5.11 Å². The molecule has 0 saturated carbocycles. The molecule has 0 saturated heterocycles. The van der Waals surface area contributed by atoms with E-state index in [2.05, 4.69) is 126 Å². The summed E-state index contributed by atoms with van der Waals surface area (Å²) in [6, 6.07) is 17.7. The SMILES string of the molecule is CCCc1ccc(OC(C)Cc2ccc(O)c(CC(C)Oc3ccc(CCC)c(CCC)c3CCC)c2CC(C)Oc2ccc(CCC)c(CCC)c2CCC)c(CCC)c1CCC. The Labute approximate surface area is 392 Å². The van der Waals surface area contributed by atoms with Gasteiger partial charge < -0.3 is 19.3 Å². The van der Waals surface area contributed by atoms with Crippen molar-refractivity contribution in [2.24, 2.45) is 0 Å². The lowest BCUT2D eigenvalue weighted by molar-refractivity contribution is 0.208. The van der Waals surface area contributed by atoms with Crippen molar-refractivity contribution in [3.8, 4) is 23.0 Å². The zero-order valence-electron chi connectivity index (χ0n) is 42.9. The van der Waals surface area contributed by atoms with Crippen LogP contribution in [0, 0.1) is 0 Å². The summed E-state index contributed by atoms with van der Waals surface area (Å²) in [4.78, 5) is 0. The maximum absolute atomic E-state index is 11.9. The largest absolute Gasteiger partial charge is 0.508 e. The van der Waals surface area contributed by atoms with Gasteiger partial charge in [-0.1, -0.05) is 144 Å². The number of phenols is 1. The summed E-state index contributed by atoms with van der Waals surface area (Å²) < 4.78 is 21.0. The quantitative estimate of drug-likeness (QED) is 0.0567. The average molecular weight is 875 g/mol. The predicted octanol–water partition coefficient (Wildman–Crippen LogP) is 16.0. The Kier molecular flexibility index (Phi) is 22.7. The van der Waals surface area contributed by atoms with Gasteiger partial charge in [0.15, 0.2) is 0 Å². The molecule has 0 spiro atoms. The van der Waals surface area contributed by atoms with E-state index in [-0.39, 0.29) is 18.3 Å². The zero-order valence-corrected chi connectivity index (χ0v) is 42.9. The first-order valence-corrected chi connectivity index (χ1v) is 26.2. The van der Waals surface area contributed by atoms with Crippen LogP contribution in [0.1, 0.15) is 208 Å². The van der Waals surface area contributed by atoms with Crippen molar-refractivity contribution in [3.05, 3.63) is 115 Å². The minimum absolute atomic E-state index is 0.0720. The smallest absolute Gasteiger partial charge is 0.123 e. The second kappa shape index (κ2) is 27.5. The van der Waals surface area contributed by atoms with Gasteiger partial charge in [0.2, 0.25) is 0 Å². The van der Waals surface area contributed by atoms with Crippen LogP contribution in [0.15, 0.2) is 48.5 Å². The van der Waals surface area contributed by atoms with E-state index in [0.29, 0.717) is 18.6 Å². The molecule has 354 valence electrons. The highest BCUT2D eigenvalue weighted by Gasteiger charge is 2.24. The Bertz CT molecular complexity index is 2010. The third kappa shape index (κ3) is 14.3. The van der Waals surface area contributed by atoms with E-state index in [1.165, 1.54) is 55.6 Å². The summed E-state index contributed by atoms with van der Waals surface area (Å²) in [5, 5.41) is 11.9. The molecule has 4 aromatic rings. The van der Waals surface area contributed by atoms with Crippen LogP contribution in [0.5, 0.6) is 23.0 Å². The molecule has 0 fully saturated rings. The van der Waals surface area contributed by atoms with Gasteiger partial charge in [0.05, 0.1) is 12.2 Å². The molecule has 0 radical (unpaired) electrons. The van der Waals surface area contributed by atoms with Crippen molar-refractivity contribution in [3.63, 3.8) is 0 Å². The topological polar surface area (TPSA) is 47.9 Å². The second-order valence-electron chi connectivity index (χ2n) is 18.9. The average Bonchev–Trinajstić information content (AvgIpc) is 3.26. The van der Waals surface area contributed by atoms with Gasteiger partial charge in [0, 0.05) is 24.8 Å². The minimum Gasteiger partial charge on any atom is -0.508 e. The number of rotatable bonds is 30. The number of hydrogen-bond donors (Lipinski definition) is 1. The molecule has 0 aromatic heterocycles. The van der Waals surface area contributed by atoms with Crippen molar-refractivity contribution in [1.82, 2.24) is 0 Å². The van der Waals surface area contributed by atoms with Gasteiger partial charge in [-0.15, -0.1) is 0 Å². The molecule has 4 rings (SSSR count). The zero-order chi connectivity index (χ0) is 46.6. The molecule has 4 aromatic carbocycles. The van der Waals surface area contributed by atoms with Crippen LogP contribution in [0.3, 0.4) is 0 Å². The molecule has 3 unspecified atom stereocenters. The second-order valence-corrected chi connectivity index (χ2v) is 18.9. The van der Waals surface area contributed by atoms with E-state index in [1.54, 1.807) is 0 Å². The van der Waals surface area contributed by atoms with Gasteiger partial charge in [0.1, 0.15) is 29.1 Å². The summed E-state index contributed by atoms with van der Waals surface area (Å²) in [7, 11) is 0. The van der Waals surface area contributed by atoms with E-state index in [0.717, 1.165) is 150 Å². The lowest BCUT2D eigenvalue weighted by Crippen LogP contribution is -2.24. The normalized spacial score (nSPS) is 12.9. The molecule has 0 heterocycles. The van der Waals surface area contributed by atoms with Crippen LogP contribution in [0.4, 0.5) is 0 Å². The minimum atomic E-state index is -0.152. The number of ether oxygens (including phenoxy) is 3. The molecule has 4 heteroatoms. The summed E-state index contributed by atoms with van der Waals surface area (Å²) in [6.45, 7) is 27.1. The van der Waals surface area contributed by atoms with Gasteiger partial charge in [-0.25, -0.2) is 0 Å². The third-order valence-corrected chi connectivity index (χ3v) is 13.0. The summed E-state index contributed by atoms with van der Waals surface area (Å²) in [5.41, 5.74) is 16.4. The summed E-state index contributed by atoms with van der Waals surface area (Å²) in [6.07, 6.45) is 21.3. The molecule has 64 heavy (non-hydrogen) atoms. The molecular weight excluding hydrogens is 785 g/mol. The summed E-state index contributed by atoms with van der Waals surface area (Å²) >= 11 is 0. The lowest BCUT2D eigenvalue weighted by atomic mass is 9.89. The first-order chi connectivity index (χ1) is 31.0. The van der Waals surface area contributed by atoms with Crippen LogP contribution in [0.2, 0.25) is 0 Å². The van der Waals surface area contributed by atoms with Crippen molar-refractivity contribution < 1.29 is 19.3 Å². The fourth-order valence-corrected chi connectivity index (χ4v) is 10.3. The van der Waals surface area contributed by atoms with Gasteiger partial charge in [-0.3, -0.25) is 0 Å². The van der Waals surface area contributed by atoms with Crippen molar-refractivity contribution in [2.45, 2.75) is 236 Å². The Hall–Kier alpha value is -3.92. The third-order valence-electron chi connectivity index (χ3n) is 13.0. The van der Waals surface area contributed by atoms with Gasteiger partial charge in [-0.2, -0.15) is 0 Å². The van der Waals surface area contributed by atoms with Crippen LogP contribution in [0.25, 0.3) is 0 Å². The first-order valence-electron chi connectivity index (χ1n) is 26.2. The van der Waals surface area contributed by atoms with E-state index < -0.39 is 0 Å². The molecule has 0 aliphatic heterocycles. The number of hydrogen-bond acceptors (Lipinski definition) is 4. The number of aryl methyl sites for hydroxylation is 3. The highest BCUT2D eigenvalue weighted by atomic mass is 16.5. The van der Waals surface area contributed by atoms with Crippen LogP contribution in [-0.4, -0.2) is 23.4 Å². The molecular formula is C60H90O4.